The van der Waals surface area contributed by atoms with Gasteiger partial charge in [-0.2, -0.15) is 0 Å². The van der Waals surface area contributed by atoms with Crippen LogP contribution in [0.4, 0.5) is 5.69 Å². The second-order valence-electron chi connectivity index (χ2n) is 10.8. The third-order valence-electron chi connectivity index (χ3n) is 7.09. The number of methoxy groups -OCH3 is 2. The molecule has 2 N–H and O–H groups in total. The lowest BCUT2D eigenvalue weighted by molar-refractivity contribution is -0.385. The first-order valence-corrected chi connectivity index (χ1v) is 14.2. The van der Waals surface area contributed by atoms with Crippen molar-refractivity contribution in [1.29, 1.82) is 0 Å². The third-order valence-corrected chi connectivity index (χ3v) is 7.09. The molecule has 1 aliphatic rings. The van der Waals surface area contributed by atoms with E-state index in [-0.39, 0.29) is 41.6 Å². The van der Waals surface area contributed by atoms with Crippen LogP contribution in [-0.2, 0) is 22.6 Å². The van der Waals surface area contributed by atoms with Gasteiger partial charge in [-0.25, -0.2) is 0 Å². The summed E-state index contributed by atoms with van der Waals surface area (Å²) >= 11 is 0. The SMILES string of the molecule is COc1ccc(CN2CC(=O)NC(C(=O)NCCC(C)C)Cc3cccc(c3)Oc3cc(ccc3[N+](=O)[O-])C2=O)cc1OC. The minimum absolute atomic E-state index is 0.00984. The topological polar surface area (TPSA) is 149 Å². The first-order chi connectivity index (χ1) is 21.1. The molecular weight excluding hydrogens is 568 g/mol. The van der Waals surface area contributed by atoms with E-state index in [1.54, 1.807) is 42.5 Å². The summed E-state index contributed by atoms with van der Waals surface area (Å²) in [4.78, 5) is 53.1. The van der Waals surface area contributed by atoms with Gasteiger partial charge in [0.1, 0.15) is 18.3 Å². The Morgan fingerprint density at radius 1 is 1.09 bits per heavy atom. The monoisotopic (exact) mass is 604 g/mol. The Hall–Kier alpha value is -5.13. The predicted octanol–water partition coefficient (Wildman–Crippen LogP) is 4.25. The summed E-state index contributed by atoms with van der Waals surface area (Å²) in [5, 5.41) is 17.5. The number of rotatable bonds is 9. The molecule has 0 radical (unpaired) electrons. The molecule has 0 spiro atoms. The molecule has 12 heteroatoms. The van der Waals surface area contributed by atoms with Gasteiger partial charge < -0.3 is 29.7 Å². The number of carbonyl (C=O) groups is 3. The Labute approximate surface area is 255 Å². The fraction of sp³-hybridized carbons (Fsp3) is 0.344. The Morgan fingerprint density at radius 3 is 2.57 bits per heavy atom. The standard InChI is InChI=1S/C32H36N4O8/c1-20(2)12-13-33-31(38)25-15-21-6-5-7-24(14-21)44-28-17-23(9-10-26(28)36(40)41)32(39)35(19-30(37)34-25)18-22-8-11-27(42-3)29(16-22)43-4/h5-11,14,16-17,20,25H,12-13,15,18-19H2,1-4H3,(H,33,38)(H,34,37). The van der Waals surface area contributed by atoms with E-state index in [4.69, 9.17) is 14.2 Å². The highest BCUT2D eigenvalue weighted by Gasteiger charge is 2.27. The molecule has 1 unspecified atom stereocenters. The van der Waals surface area contributed by atoms with Crippen molar-refractivity contribution in [2.45, 2.75) is 39.3 Å². The summed E-state index contributed by atoms with van der Waals surface area (Å²) in [5.41, 5.74) is 1.06. The van der Waals surface area contributed by atoms with Gasteiger partial charge in [-0.05, 0) is 53.8 Å². The number of ether oxygens (including phenoxy) is 3. The van der Waals surface area contributed by atoms with Crippen molar-refractivity contribution >= 4 is 23.4 Å². The molecular formula is C32H36N4O8. The van der Waals surface area contributed by atoms with Crippen molar-refractivity contribution in [3.8, 4) is 23.0 Å². The molecule has 232 valence electrons. The molecule has 0 fully saturated rings. The van der Waals surface area contributed by atoms with Gasteiger partial charge in [0.05, 0.1) is 19.1 Å². The van der Waals surface area contributed by atoms with Crippen LogP contribution >= 0.6 is 0 Å². The summed E-state index contributed by atoms with van der Waals surface area (Å²) < 4.78 is 16.6. The van der Waals surface area contributed by atoms with Crippen LogP contribution in [0.15, 0.2) is 60.7 Å². The van der Waals surface area contributed by atoms with Crippen molar-refractivity contribution in [2.24, 2.45) is 5.92 Å². The fourth-order valence-electron chi connectivity index (χ4n) is 4.79. The maximum absolute atomic E-state index is 13.9. The highest BCUT2D eigenvalue weighted by atomic mass is 16.6. The minimum Gasteiger partial charge on any atom is -0.493 e. The van der Waals surface area contributed by atoms with Crippen LogP contribution in [0.25, 0.3) is 0 Å². The molecule has 4 rings (SSSR count). The zero-order chi connectivity index (χ0) is 31.8. The van der Waals surface area contributed by atoms with Gasteiger partial charge in [0.2, 0.25) is 17.6 Å². The molecule has 44 heavy (non-hydrogen) atoms. The summed E-state index contributed by atoms with van der Waals surface area (Å²) in [5.74, 6) is -0.0282. The number of hydrogen-bond donors (Lipinski definition) is 2. The maximum atomic E-state index is 13.9. The van der Waals surface area contributed by atoms with Gasteiger partial charge in [0, 0.05) is 37.2 Å². The van der Waals surface area contributed by atoms with Crippen molar-refractivity contribution in [3.05, 3.63) is 87.5 Å². The van der Waals surface area contributed by atoms with Crippen LogP contribution in [0.5, 0.6) is 23.0 Å². The van der Waals surface area contributed by atoms with Crippen LogP contribution < -0.4 is 24.8 Å². The van der Waals surface area contributed by atoms with Crippen LogP contribution in [-0.4, -0.2) is 60.9 Å². The van der Waals surface area contributed by atoms with E-state index in [1.807, 2.05) is 13.8 Å². The molecule has 12 nitrogen and oxygen atoms in total. The Bertz CT molecular complexity index is 1540. The smallest absolute Gasteiger partial charge is 0.311 e. The van der Waals surface area contributed by atoms with Crippen LogP contribution in [0.1, 0.15) is 41.8 Å². The largest absolute Gasteiger partial charge is 0.493 e. The lowest BCUT2D eigenvalue weighted by atomic mass is 10.0. The summed E-state index contributed by atoms with van der Waals surface area (Å²) in [6.45, 7) is 4.13. The minimum atomic E-state index is -0.946. The summed E-state index contributed by atoms with van der Waals surface area (Å²) in [6, 6.07) is 14.7. The number of nitrogens with zero attached hydrogens (tertiary/aromatic N) is 2. The molecule has 0 saturated carbocycles. The average molecular weight is 605 g/mol. The van der Waals surface area contributed by atoms with Crippen molar-refractivity contribution in [2.75, 3.05) is 27.3 Å². The number of carbonyl (C=O) groups excluding carboxylic acids is 3. The first kappa shape index (κ1) is 31.8. The van der Waals surface area contributed by atoms with Crippen molar-refractivity contribution < 1.29 is 33.5 Å². The maximum Gasteiger partial charge on any atom is 0.311 e. The Morgan fingerprint density at radius 2 is 1.86 bits per heavy atom. The van der Waals surface area contributed by atoms with E-state index >= 15 is 0 Å². The average Bonchev–Trinajstić information content (AvgIpc) is 2.99. The number of nitrogens with one attached hydrogen (secondary N) is 2. The van der Waals surface area contributed by atoms with Crippen LogP contribution in [0, 0.1) is 16.0 Å². The normalized spacial score (nSPS) is 15.1. The fourth-order valence-corrected chi connectivity index (χ4v) is 4.79. The quantitative estimate of drug-likeness (QED) is 0.272. The number of nitro benzene ring substituents is 1. The number of benzene rings is 3. The van der Waals surface area contributed by atoms with E-state index in [2.05, 4.69) is 10.6 Å². The second kappa shape index (κ2) is 14.4. The highest BCUT2D eigenvalue weighted by molar-refractivity contribution is 5.98. The van der Waals surface area contributed by atoms with Crippen molar-refractivity contribution in [1.82, 2.24) is 15.5 Å². The van der Waals surface area contributed by atoms with Gasteiger partial charge in [0.25, 0.3) is 5.91 Å². The molecule has 3 aromatic carbocycles. The van der Waals surface area contributed by atoms with Gasteiger partial charge in [0.15, 0.2) is 11.5 Å². The highest BCUT2D eigenvalue weighted by Crippen LogP contribution is 2.34. The van der Waals surface area contributed by atoms with Gasteiger partial charge in [-0.3, -0.25) is 24.5 Å². The number of nitro groups is 1. The van der Waals surface area contributed by atoms with Crippen LogP contribution in [0.3, 0.4) is 0 Å². The number of amides is 3. The molecule has 4 bridgehead atoms. The molecule has 1 heterocycles. The number of hydrogen-bond acceptors (Lipinski definition) is 8. The second-order valence-corrected chi connectivity index (χ2v) is 10.8. The molecule has 1 atom stereocenters. The predicted molar refractivity (Wildman–Crippen MR) is 162 cm³/mol. The van der Waals surface area contributed by atoms with Gasteiger partial charge in [-0.15, -0.1) is 0 Å². The lowest BCUT2D eigenvalue weighted by Crippen LogP contribution is -2.51. The number of fused-ring (bicyclic) bond motifs is 4. The molecule has 3 amide bonds. The van der Waals surface area contributed by atoms with E-state index in [0.29, 0.717) is 35.1 Å². The molecule has 3 aromatic rings. The van der Waals surface area contributed by atoms with E-state index in [1.165, 1.54) is 37.3 Å². The molecule has 1 aliphatic heterocycles. The lowest BCUT2D eigenvalue weighted by Gasteiger charge is -2.25. The summed E-state index contributed by atoms with van der Waals surface area (Å²) in [6.07, 6.45) is 0.891. The third kappa shape index (κ3) is 8.03. The van der Waals surface area contributed by atoms with Crippen LogP contribution in [0.2, 0.25) is 0 Å². The van der Waals surface area contributed by atoms with Gasteiger partial charge in [-0.1, -0.05) is 32.0 Å². The molecule has 0 aliphatic carbocycles. The van der Waals surface area contributed by atoms with E-state index in [0.717, 1.165) is 6.42 Å². The Kier molecular flexibility index (Phi) is 10.4. The van der Waals surface area contributed by atoms with E-state index < -0.39 is 29.3 Å². The zero-order valence-corrected chi connectivity index (χ0v) is 25.1. The van der Waals surface area contributed by atoms with E-state index in [9.17, 15) is 24.5 Å². The zero-order valence-electron chi connectivity index (χ0n) is 25.1. The molecule has 0 saturated heterocycles. The Balaban J connectivity index is 1.75. The first-order valence-electron chi connectivity index (χ1n) is 14.2. The summed E-state index contributed by atoms with van der Waals surface area (Å²) in [7, 11) is 2.99. The van der Waals surface area contributed by atoms with Crippen molar-refractivity contribution in [3.63, 3.8) is 0 Å². The molecule has 0 aromatic heterocycles. The van der Waals surface area contributed by atoms with Gasteiger partial charge >= 0.3 is 5.69 Å².